The summed E-state index contributed by atoms with van der Waals surface area (Å²) in [6, 6.07) is 3.77. The van der Waals surface area contributed by atoms with Gasteiger partial charge in [0, 0.05) is 0 Å². The van der Waals surface area contributed by atoms with Crippen molar-refractivity contribution in [3.8, 4) is 5.75 Å². The summed E-state index contributed by atoms with van der Waals surface area (Å²) in [6.45, 7) is 0.114. The summed E-state index contributed by atoms with van der Waals surface area (Å²) >= 11 is 0. The van der Waals surface area contributed by atoms with Gasteiger partial charge in [0.15, 0.2) is 0 Å². The number of nitro groups is 1. The van der Waals surface area contributed by atoms with E-state index in [1.54, 1.807) is 0 Å². The molecule has 0 spiro atoms. The van der Waals surface area contributed by atoms with Crippen molar-refractivity contribution < 1.29 is 18.4 Å². The number of rotatable bonds is 4. The Morgan fingerprint density at radius 3 is 2.67 bits per heavy atom. The average Bonchev–Trinajstić information content (AvgIpc) is 2.15. The molecule has 0 unspecified atom stereocenters. The zero-order chi connectivity index (χ0) is 11.4. The Hall–Kier alpha value is -1.98. The third kappa shape index (κ3) is 2.49. The molecule has 0 saturated heterocycles. The molecule has 0 heterocycles. The molecule has 1 aromatic rings. The monoisotopic (exact) mass is 214 g/mol. The number of ether oxygens (including phenoxy) is 1. The van der Waals surface area contributed by atoms with Gasteiger partial charge < -0.3 is 4.74 Å². The van der Waals surface area contributed by atoms with Gasteiger partial charge in [-0.1, -0.05) is 12.6 Å². The molecule has 4 nitrogen and oxygen atoms in total. The van der Waals surface area contributed by atoms with E-state index in [1.165, 1.54) is 12.1 Å². The Morgan fingerprint density at radius 1 is 1.53 bits per heavy atom. The van der Waals surface area contributed by atoms with Gasteiger partial charge in [-0.25, -0.2) is 0 Å². The molecule has 0 aliphatic heterocycles. The van der Waals surface area contributed by atoms with Crippen molar-refractivity contribution in [1.82, 2.24) is 0 Å². The molecule has 0 atom stereocenters. The van der Waals surface area contributed by atoms with Crippen molar-refractivity contribution in [2.24, 2.45) is 0 Å². The van der Waals surface area contributed by atoms with Crippen molar-refractivity contribution in [1.29, 1.82) is 0 Å². The van der Waals surface area contributed by atoms with Crippen LogP contribution in [0.3, 0.4) is 0 Å². The maximum Gasteiger partial charge on any atom is 0.387 e. The Morgan fingerprint density at radius 2 is 2.20 bits per heavy atom. The zero-order valence-corrected chi connectivity index (χ0v) is 7.44. The van der Waals surface area contributed by atoms with Gasteiger partial charge >= 0.3 is 12.3 Å². The molecule has 0 fully saturated rings. The summed E-state index contributed by atoms with van der Waals surface area (Å²) < 4.78 is 27.8. The smallest absolute Gasteiger partial charge is 0.387 e. The second kappa shape index (κ2) is 4.50. The molecule has 6 heteroatoms. The summed E-state index contributed by atoms with van der Waals surface area (Å²) in [7, 11) is 0. The lowest BCUT2D eigenvalue weighted by Gasteiger charge is -2.06. The van der Waals surface area contributed by atoms with Gasteiger partial charge in [0.25, 0.3) is 0 Å². The van der Waals surface area contributed by atoms with E-state index in [0.717, 1.165) is 6.07 Å². The Bertz CT molecular complexity index is 393. The molecule has 1 rings (SSSR count). The second-order valence-electron chi connectivity index (χ2n) is 2.46. The number of hydrogen-bond acceptors (Lipinski definition) is 3. The van der Waals surface area contributed by atoms with Crippen LogP contribution in [0.5, 0.6) is 5.75 Å². The highest BCUT2D eigenvalue weighted by Gasteiger charge is 2.21. The highest BCUT2D eigenvalue weighted by Crippen LogP contribution is 2.31. The van der Waals surface area contributed by atoms with E-state index in [0.29, 0.717) is 0 Å². The van der Waals surface area contributed by atoms with Gasteiger partial charge in [0.2, 0.25) is 5.75 Å². The summed E-state index contributed by atoms with van der Waals surface area (Å²) in [5.41, 5.74) is -0.550. The number of benzene rings is 1. The summed E-state index contributed by atoms with van der Waals surface area (Å²) in [5, 5.41) is 10.6. The molecule has 15 heavy (non-hydrogen) atoms. The third-order valence-electron chi connectivity index (χ3n) is 1.59. The molecule has 0 aliphatic rings. The van der Waals surface area contributed by atoms with E-state index < -0.39 is 23.0 Å². The minimum absolute atomic E-state index is 0.0122. The Kier molecular flexibility index (Phi) is 3.33. The number of alkyl halides is 2. The number of halogens is 2. The molecule has 0 saturated carbocycles. The first kappa shape index (κ1) is 11.1. The molecule has 0 bridgehead atoms. The lowest BCUT2D eigenvalue weighted by atomic mass is 10.1. The van der Waals surface area contributed by atoms with Gasteiger partial charge in [-0.3, -0.25) is 10.1 Å². The van der Waals surface area contributed by atoms with Crippen LogP contribution in [0.1, 0.15) is 5.56 Å². The number of para-hydroxylation sites is 1. The lowest BCUT2D eigenvalue weighted by molar-refractivity contribution is -0.386. The number of nitrogens with zero attached hydrogens (tertiary/aromatic N) is 1. The van der Waals surface area contributed by atoms with Crippen LogP contribution in [0.2, 0.25) is 0 Å². The van der Waals surface area contributed by atoms with Crippen LogP contribution in [-0.4, -0.2) is 11.5 Å². The van der Waals surface area contributed by atoms with Crippen LogP contribution in [0.15, 0.2) is 24.8 Å². The predicted octanol–water partition coefficient (Wildman–Crippen LogP) is 2.53. The van der Waals surface area contributed by atoms with Gasteiger partial charge in [0.05, 0.1) is 10.5 Å². The van der Waals surface area contributed by atoms with Crippen molar-refractivity contribution in [3.05, 3.63) is 46.5 Å². The highest BCUT2D eigenvalue weighted by molar-refractivity contribution is 5.54. The average molecular weight is 214 g/mol. The normalized spacial score (nSPS) is 10.1. The van der Waals surface area contributed by atoms with E-state index in [-0.39, 0.29) is 5.56 Å². The molecule has 1 aromatic carbocycles. The molecule has 0 amide bonds. The van der Waals surface area contributed by atoms with Crippen LogP contribution in [-0.2, 0) is 0 Å². The SMILES string of the molecule is C=[C]c1cccc(OC(F)F)c1[N+](=O)[O-]. The zero-order valence-electron chi connectivity index (χ0n) is 7.44. The van der Waals surface area contributed by atoms with E-state index in [4.69, 9.17) is 0 Å². The number of nitro benzene ring substituents is 1. The maximum atomic E-state index is 11.9. The fourth-order valence-electron chi connectivity index (χ4n) is 1.04. The van der Waals surface area contributed by atoms with Crippen LogP contribution in [0, 0.1) is 16.2 Å². The quantitative estimate of drug-likeness (QED) is 0.571. The first-order valence-corrected chi connectivity index (χ1v) is 3.81. The molecule has 0 aromatic heterocycles. The Balaban J connectivity index is 3.25. The minimum Gasteiger partial charge on any atom is -0.427 e. The van der Waals surface area contributed by atoms with Gasteiger partial charge in [-0.05, 0) is 18.2 Å². The van der Waals surface area contributed by atoms with Crippen molar-refractivity contribution in [2.75, 3.05) is 0 Å². The van der Waals surface area contributed by atoms with Crippen molar-refractivity contribution >= 4 is 5.69 Å². The maximum absolute atomic E-state index is 11.9. The molecular formula is C9H6F2NO3. The van der Waals surface area contributed by atoms with Crippen molar-refractivity contribution in [3.63, 3.8) is 0 Å². The van der Waals surface area contributed by atoms with E-state index in [1.807, 2.05) is 0 Å². The van der Waals surface area contributed by atoms with E-state index >= 15 is 0 Å². The predicted molar refractivity (Wildman–Crippen MR) is 47.7 cm³/mol. The lowest BCUT2D eigenvalue weighted by Crippen LogP contribution is -2.05. The molecular weight excluding hydrogens is 208 g/mol. The summed E-state index contributed by atoms with van der Waals surface area (Å²) in [6.07, 6.45) is 2.27. The Labute approximate surface area is 83.9 Å². The topological polar surface area (TPSA) is 52.4 Å². The van der Waals surface area contributed by atoms with Crippen LogP contribution in [0.25, 0.3) is 0 Å². The van der Waals surface area contributed by atoms with Crippen LogP contribution < -0.4 is 4.74 Å². The fraction of sp³-hybridized carbons (Fsp3) is 0.111. The fourth-order valence-corrected chi connectivity index (χ4v) is 1.04. The summed E-state index contributed by atoms with van der Waals surface area (Å²) in [4.78, 5) is 9.78. The second-order valence-corrected chi connectivity index (χ2v) is 2.46. The number of hydrogen-bond donors (Lipinski definition) is 0. The van der Waals surface area contributed by atoms with Gasteiger partial charge in [-0.15, -0.1) is 0 Å². The molecule has 1 radical (unpaired) electrons. The minimum atomic E-state index is -3.11. The van der Waals surface area contributed by atoms with Crippen LogP contribution in [0.4, 0.5) is 14.5 Å². The first-order valence-electron chi connectivity index (χ1n) is 3.81. The largest absolute Gasteiger partial charge is 0.427 e. The summed E-state index contributed by atoms with van der Waals surface area (Å²) in [5.74, 6) is -0.497. The van der Waals surface area contributed by atoms with E-state index in [9.17, 15) is 18.9 Å². The van der Waals surface area contributed by atoms with Gasteiger partial charge in [-0.2, -0.15) is 8.78 Å². The first-order chi connectivity index (χ1) is 7.06. The molecule has 79 valence electrons. The third-order valence-corrected chi connectivity index (χ3v) is 1.59. The van der Waals surface area contributed by atoms with E-state index in [2.05, 4.69) is 17.4 Å². The standard InChI is InChI=1S/C9H6F2NO3/c1-2-6-4-3-5-7(15-9(10)11)8(6)12(13)14/h3-5,9H,1H2. The molecule has 0 N–H and O–H groups in total. The van der Waals surface area contributed by atoms with Gasteiger partial charge in [0.1, 0.15) is 0 Å². The molecule has 0 aliphatic carbocycles. The van der Waals surface area contributed by atoms with Crippen molar-refractivity contribution in [2.45, 2.75) is 6.61 Å². The van der Waals surface area contributed by atoms with Crippen LogP contribution >= 0.6 is 0 Å². The highest BCUT2D eigenvalue weighted by atomic mass is 19.3.